The predicted octanol–water partition coefficient (Wildman–Crippen LogP) is 3.30. The van der Waals surface area contributed by atoms with Crippen LogP contribution in [0.4, 0.5) is 4.39 Å². The summed E-state index contributed by atoms with van der Waals surface area (Å²) in [5, 5.41) is 7.12. The fourth-order valence-electron chi connectivity index (χ4n) is 3.58. The number of amides is 1. The molecule has 1 unspecified atom stereocenters. The topological polar surface area (TPSA) is 53.9 Å². The van der Waals surface area contributed by atoms with Gasteiger partial charge in [-0.3, -0.25) is 9.89 Å². The van der Waals surface area contributed by atoms with E-state index < -0.39 is 5.41 Å². The summed E-state index contributed by atoms with van der Waals surface area (Å²) in [4.78, 5) is 15.0. The molecule has 0 aliphatic carbocycles. The number of aromatic amines is 1. The zero-order valence-electron chi connectivity index (χ0n) is 14.8. The number of nitrogens with zero attached hydrogens (tertiary/aromatic N) is 3. The van der Waals surface area contributed by atoms with Gasteiger partial charge in [-0.15, -0.1) is 0 Å². The highest BCUT2D eigenvalue weighted by atomic mass is 32.1. The third-order valence-corrected chi connectivity index (χ3v) is 5.44. The monoisotopic (exact) mass is 362 g/mol. The van der Waals surface area contributed by atoms with Gasteiger partial charge in [-0.25, -0.2) is 4.39 Å². The second-order valence-corrected chi connectivity index (χ2v) is 7.53. The van der Waals surface area contributed by atoms with E-state index >= 15 is 0 Å². The Bertz CT molecular complexity index is 842. The van der Waals surface area contributed by atoms with Crippen LogP contribution in [0.5, 0.6) is 0 Å². The minimum absolute atomic E-state index is 0.0564. The highest BCUT2D eigenvalue weighted by Gasteiger charge is 2.38. The Morgan fingerprint density at radius 2 is 2.12 bits per heavy atom. The van der Waals surface area contributed by atoms with E-state index in [4.69, 9.17) is 12.2 Å². The van der Waals surface area contributed by atoms with E-state index in [1.165, 1.54) is 6.07 Å². The van der Waals surface area contributed by atoms with Crippen LogP contribution in [0.25, 0.3) is 0 Å². The van der Waals surface area contributed by atoms with Crippen LogP contribution < -0.4 is 0 Å². The number of carbonyl (C=O) groups is 1. The molecular formula is C18H23FN4OS. The van der Waals surface area contributed by atoms with E-state index in [1.54, 1.807) is 32.0 Å². The highest BCUT2D eigenvalue weighted by Crippen LogP contribution is 2.32. The summed E-state index contributed by atoms with van der Waals surface area (Å²) in [5.74, 6) is 0.598. The number of nitrogens with one attached hydrogen (secondary N) is 1. The predicted molar refractivity (Wildman–Crippen MR) is 96.4 cm³/mol. The summed E-state index contributed by atoms with van der Waals surface area (Å²) in [7, 11) is 1.88. The van der Waals surface area contributed by atoms with Gasteiger partial charge in [-0.1, -0.05) is 18.2 Å². The molecule has 3 rings (SSSR count). The number of piperidine rings is 1. The lowest BCUT2D eigenvalue weighted by Gasteiger charge is -2.37. The zero-order chi connectivity index (χ0) is 18.2. The van der Waals surface area contributed by atoms with Crippen molar-refractivity contribution < 1.29 is 9.18 Å². The number of likely N-dealkylation sites (tertiary alicyclic amines) is 1. The van der Waals surface area contributed by atoms with Gasteiger partial charge in [0.1, 0.15) is 11.6 Å². The summed E-state index contributed by atoms with van der Waals surface area (Å²) in [6.45, 7) is 4.83. The molecule has 0 spiro atoms. The number of rotatable bonds is 3. The van der Waals surface area contributed by atoms with Crippen molar-refractivity contribution in [3.8, 4) is 0 Å². The fourth-order valence-corrected chi connectivity index (χ4v) is 3.71. The van der Waals surface area contributed by atoms with Gasteiger partial charge in [0.15, 0.2) is 4.77 Å². The van der Waals surface area contributed by atoms with Gasteiger partial charge in [0.2, 0.25) is 5.91 Å². The van der Waals surface area contributed by atoms with E-state index in [0.717, 1.165) is 18.7 Å². The number of hydrogen-bond acceptors (Lipinski definition) is 3. The molecule has 1 aromatic heterocycles. The van der Waals surface area contributed by atoms with Crippen molar-refractivity contribution >= 4 is 18.1 Å². The molecule has 0 saturated carbocycles. The molecule has 1 aliphatic rings. The van der Waals surface area contributed by atoms with Crippen LogP contribution in [-0.2, 0) is 17.3 Å². The lowest BCUT2D eigenvalue weighted by atomic mass is 9.82. The van der Waals surface area contributed by atoms with Crippen LogP contribution in [0.2, 0.25) is 0 Å². The largest absolute Gasteiger partial charge is 0.341 e. The Hall–Kier alpha value is -2.02. The summed E-state index contributed by atoms with van der Waals surface area (Å²) in [5.41, 5.74) is -0.482. The van der Waals surface area contributed by atoms with Crippen molar-refractivity contribution in [2.45, 2.75) is 38.0 Å². The lowest BCUT2D eigenvalue weighted by molar-refractivity contribution is -0.137. The normalized spacial score (nSPS) is 18.4. The fraction of sp³-hybridized carbons (Fsp3) is 0.500. The van der Waals surface area contributed by atoms with Crippen LogP contribution in [0.1, 0.15) is 44.0 Å². The number of halogens is 1. The summed E-state index contributed by atoms with van der Waals surface area (Å²) in [6, 6.07) is 6.49. The highest BCUT2D eigenvalue weighted by molar-refractivity contribution is 7.71. The zero-order valence-corrected chi connectivity index (χ0v) is 15.6. The minimum Gasteiger partial charge on any atom is -0.341 e. The molecule has 1 saturated heterocycles. The second kappa shape index (κ2) is 6.71. The third kappa shape index (κ3) is 3.25. The van der Waals surface area contributed by atoms with Gasteiger partial charge < -0.3 is 9.47 Å². The lowest BCUT2D eigenvalue weighted by Crippen LogP contribution is -2.48. The van der Waals surface area contributed by atoms with E-state index in [1.807, 2.05) is 16.5 Å². The van der Waals surface area contributed by atoms with Crippen LogP contribution in [-0.4, -0.2) is 38.7 Å². The molecular weight excluding hydrogens is 339 g/mol. The van der Waals surface area contributed by atoms with Crippen molar-refractivity contribution in [3.05, 3.63) is 46.2 Å². The van der Waals surface area contributed by atoms with E-state index in [9.17, 15) is 9.18 Å². The number of hydrogen-bond donors (Lipinski definition) is 1. The maximum atomic E-state index is 14.2. The van der Waals surface area contributed by atoms with Crippen molar-refractivity contribution in [1.29, 1.82) is 0 Å². The third-order valence-electron chi connectivity index (χ3n) is 5.07. The molecule has 5 nitrogen and oxygen atoms in total. The molecule has 1 aromatic carbocycles. The van der Waals surface area contributed by atoms with Crippen molar-refractivity contribution in [1.82, 2.24) is 19.7 Å². The molecule has 1 amide bonds. The first kappa shape index (κ1) is 17.8. The Labute approximate surface area is 151 Å². The van der Waals surface area contributed by atoms with Crippen molar-refractivity contribution in [2.24, 2.45) is 7.05 Å². The summed E-state index contributed by atoms with van der Waals surface area (Å²) >= 11 is 5.18. The molecule has 0 bridgehead atoms. The first-order valence-electron chi connectivity index (χ1n) is 8.48. The van der Waals surface area contributed by atoms with Gasteiger partial charge in [-0.2, -0.15) is 5.10 Å². The van der Waals surface area contributed by atoms with Gasteiger partial charge >= 0.3 is 0 Å². The molecule has 134 valence electrons. The van der Waals surface area contributed by atoms with Crippen LogP contribution >= 0.6 is 12.2 Å². The first-order chi connectivity index (χ1) is 11.8. The quantitative estimate of drug-likeness (QED) is 0.853. The van der Waals surface area contributed by atoms with Crippen LogP contribution in [0.15, 0.2) is 24.3 Å². The number of benzene rings is 1. The minimum atomic E-state index is -0.913. The van der Waals surface area contributed by atoms with E-state index in [2.05, 4.69) is 10.2 Å². The maximum absolute atomic E-state index is 14.2. The van der Waals surface area contributed by atoms with Gasteiger partial charge in [0.05, 0.1) is 5.41 Å². The Balaban J connectivity index is 1.83. The standard InChI is InChI=1S/C18H23FN4OS/c1-18(2,13-8-4-5-9-14(13)19)16(24)23-10-6-7-12(11-23)15-20-21-17(25)22(15)3/h4-5,8-9,12H,6-7,10-11H2,1-3H3,(H,21,25). The number of carbonyl (C=O) groups excluding carboxylic acids is 1. The van der Waals surface area contributed by atoms with E-state index in [-0.39, 0.29) is 17.6 Å². The molecule has 1 atom stereocenters. The Kier molecular flexibility index (Phi) is 4.77. The van der Waals surface area contributed by atoms with Crippen molar-refractivity contribution in [3.63, 3.8) is 0 Å². The van der Waals surface area contributed by atoms with Gasteiger partial charge in [0.25, 0.3) is 0 Å². The smallest absolute Gasteiger partial charge is 0.232 e. The molecule has 1 fully saturated rings. The average Bonchev–Trinajstić information content (AvgIpc) is 2.94. The van der Waals surface area contributed by atoms with Gasteiger partial charge in [-0.05, 0) is 45.0 Å². The summed E-state index contributed by atoms with van der Waals surface area (Å²) < 4.78 is 16.6. The van der Waals surface area contributed by atoms with Crippen molar-refractivity contribution in [2.75, 3.05) is 13.1 Å². The first-order valence-corrected chi connectivity index (χ1v) is 8.89. The number of aromatic nitrogens is 3. The summed E-state index contributed by atoms with van der Waals surface area (Å²) in [6.07, 6.45) is 1.85. The Morgan fingerprint density at radius 3 is 2.76 bits per heavy atom. The second-order valence-electron chi connectivity index (χ2n) is 7.14. The molecule has 2 heterocycles. The van der Waals surface area contributed by atoms with E-state index in [0.29, 0.717) is 23.4 Å². The average molecular weight is 362 g/mol. The van der Waals surface area contributed by atoms with Crippen LogP contribution in [0, 0.1) is 10.6 Å². The number of H-pyrrole nitrogens is 1. The van der Waals surface area contributed by atoms with Crippen LogP contribution in [0.3, 0.4) is 0 Å². The maximum Gasteiger partial charge on any atom is 0.232 e. The molecule has 25 heavy (non-hydrogen) atoms. The molecule has 7 heteroatoms. The van der Waals surface area contributed by atoms with Gasteiger partial charge in [0, 0.05) is 31.6 Å². The molecule has 2 aromatic rings. The SMILES string of the molecule is Cn1c(C2CCCN(C(=O)C(C)(C)c3ccccc3F)C2)n[nH]c1=S. The molecule has 1 aliphatic heterocycles. The molecule has 1 N–H and O–H groups in total. The molecule has 0 radical (unpaired) electrons. The Morgan fingerprint density at radius 1 is 1.40 bits per heavy atom.